The normalized spacial score (nSPS) is 10.0. The van der Waals surface area contributed by atoms with Crippen molar-refractivity contribution < 1.29 is 18.4 Å². The molecule has 0 bridgehead atoms. The Morgan fingerprint density at radius 1 is 1.17 bits per heavy atom. The van der Waals surface area contributed by atoms with Gasteiger partial charge in [0.15, 0.2) is 5.11 Å². The molecule has 0 spiro atoms. The molecule has 0 amide bonds. The first-order valence-corrected chi connectivity index (χ1v) is 6.67. The molecule has 120 valence electrons. The third-order valence-corrected chi connectivity index (χ3v) is 3.03. The number of ether oxygens (including phenoxy) is 1. The number of thiocarbonyl (C=S) groups is 1. The van der Waals surface area contributed by atoms with Crippen molar-refractivity contribution in [3.8, 4) is 5.75 Å². The molecule has 23 heavy (non-hydrogen) atoms. The molecule has 0 saturated heterocycles. The van der Waals surface area contributed by atoms with Gasteiger partial charge in [0, 0.05) is 6.07 Å². The van der Waals surface area contributed by atoms with Crippen molar-refractivity contribution in [1.82, 2.24) is 0 Å². The van der Waals surface area contributed by atoms with Gasteiger partial charge in [-0.1, -0.05) is 0 Å². The van der Waals surface area contributed by atoms with Crippen LogP contribution in [0.15, 0.2) is 36.4 Å². The van der Waals surface area contributed by atoms with Gasteiger partial charge in [-0.05, 0) is 36.5 Å². The average Bonchev–Trinajstić information content (AvgIpc) is 2.50. The predicted molar refractivity (Wildman–Crippen MR) is 85.8 cm³/mol. The molecule has 0 fully saturated rings. The summed E-state index contributed by atoms with van der Waals surface area (Å²) in [6.45, 7) is 0. The minimum atomic E-state index is -0.835. The molecule has 0 heterocycles. The summed E-state index contributed by atoms with van der Waals surface area (Å²) in [4.78, 5) is 10.5. The maximum absolute atomic E-state index is 13.5. The molecule has 9 heteroatoms. The van der Waals surface area contributed by atoms with E-state index in [2.05, 4.69) is 10.6 Å². The van der Waals surface area contributed by atoms with Crippen molar-refractivity contribution >= 4 is 34.4 Å². The van der Waals surface area contributed by atoms with Gasteiger partial charge in [-0.25, -0.2) is 8.78 Å². The van der Waals surface area contributed by atoms with Gasteiger partial charge in [0.05, 0.1) is 23.8 Å². The molecule has 0 aliphatic heterocycles. The molecule has 0 aliphatic carbocycles. The van der Waals surface area contributed by atoms with Crippen LogP contribution in [0.1, 0.15) is 0 Å². The topological polar surface area (TPSA) is 76.4 Å². The van der Waals surface area contributed by atoms with Crippen LogP contribution in [0, 0.1) is 21.7 Å². The molecule has 0 radical (unpaired) electrons. The monoisotopic (exact) mass is 339 g/mol. The number of halogens is 2. The number of nitro groups is 1. The van der Waals surface area contributed by atoms with Crippen LogP contribution in [0.5, 0.6) is 5.75 Å². The standard InChI is InChI=1S/C14H11F2N3O3S/c1-22-9-3-5-12(13(7-9)19(20)21)18-14(23)17-11-4-2-8(15)6-10(11)16/h2-7H,1H3,(H2,17,18,23). The Balaban J connectivity index is 2.18. The second-order valence-corrected chi connectivity index (χ2v) is 4.75. The number of methoxy groups -OCH3 is 1. The fraction of sp³-hybridized carbons (Fsp3) is 0.0714. The van der Waals surface area contributed by atoms with Gasteiger partial charge in [0.1, 0.15) is 23.1 Å². The zero-order valence-electron chi connectivity index (χ0n) is 11.8. The van der Waals surface area contributed by atoms with E-state index < -0.39 is 16.6 Å². The van der Waals surface area contributed by atoms with E-state index >= 15 is 0 Å². The van der Waals surface area contributed by atoms with E-state index in [1.165, 1.54) is 31.4 Å². The van der Waals surface area contributed by atoms with Gasteiger partial charge in [-0.15, -0.1) is 0 Å². The highest BCUT2D eigenvalue weighted by Gasteiger charge is 2.16. The van der Waals surface area contributed by atoms with Gasteiger partial charge < -0.3 is 15.4 Å². The fourth-order valence-electron chi connectivity index (χ4n) is 1.76. The highest BCUT2D eigenvalue weighted by atomic mass is 32.1. The van der Waals surface area contributed by atoms with E-state index in [0.717, 1.165) is 6.07 Å². The lowest BCUT2D eigenvalue weighted by molar-refractivity contribution is -0.384. The quantitative estimate of drug-likeness (QED) is 0.503. The maximum atomic E-state index is 13.5. The number of rotatable bonds is 4. The average molecular weight is 339 g/mol. The minimum Gasteiger partial charge on any atom is -0.496 e. The summed E-state index contributed by atoms with van der Waals surface area (Å²) in [6.07, 6.45) is 0. The summed E-state index contributed by atoms with van der Waals surface area (Å²) < 4.78 is 31.3. The number of hydrogen-bond donors (Lipinski definition) is 2. The zero-order chi connectivity index (χ0) is 17.0. The number of nitro benzene ring substituents is 1. The highest BCUT2D eigenvalue weighted by molar-refractivity contribution is 7.80. The number of nitrogens with zero attached hydrogens (tertiary/aromatic N) is 1. The minimum absolute atomic E-state index is 0.0555. The van der Waals surface area contributed by atoms with Crippen molar-refractivity contribution in [3.63, 3.8) is 0 Å². The molecule has 2 rings (SSSR count). The Kier molecular flexibility index (Phi) is 5.02. The first kappa shape index (κ1) is 16.6. The molecule has 0 unspecified atom stereocenters. The smallest absolute Gasteiger partial charge is 0.296 e. The molecule has 0 aromatic heterocycles. The van der Waals surface area contributed by atoms with Crippen LogP contribution in [0.3, 0.4) is 0 Å². The van der Waals surface area contributed by atoms with Gasteiger partial charge in [-0.2, -0.15) is 0 Å². The van der Waals surface area contributed by atoms with Gasteiger partial charge >= 0.3 is 0 Å². The number of benzene rings is 2. The Morgan fingerprint density at radius 3 is 2.43 bits per heavy atom. The fourth-order valence-corrected chi connectivity index (χ4v) is 1.98. The number of anilines is 2. The Morgan fingerprint density at radius 2 is 1.83 bits per heavy atom. The van der Waals surface area contributed by atoms with E-state index in [0.29, 0.717) is 11.8 Å². The van der Waals surface area contributed by atoms with E-state index in [9.17, 15) is 18.9 Å². The van der Waals surface area contributed by atoms with Crippen molar-refractivity contribution in [1.29, 1.82) is 0 Å². The molecule has 2 aromatic carbocycles. The van der Waals surface area contributed by atoms with Crippen molar-refractivity contribution in [3.05, 3.63) is 58.1 Å². The number of nitrogens with one attached hydrogen (secondary N) is 2. The summed E-state index contributed by atoms with van der Waals surface area (Å²) in [6, 6.07) is 7.07. The van der Waals surface area contributed by atoms with Gasteiger partial charge in [-0.3, -0.25) is 10.1 Å². The van der Waals surface area contributed by atoms with Crippen molar-refractivity contribution in [2.45, 2.75) is 0 Å². The summed E-state index contributed by atoms with van der Waals surface area (Å²) >= 11 is 4.98. The maximum Gasteiger partial charge on any atom is 0.296 e. The second kappa shape index (κ2) is 6.97. The Bertz CT molecular complexity index is 771. The summed E-state index contributed by atoms with van der Waals surface area (Å²) in [5, 5.41) is 16.1. The first-order valence-electron chi connectivity index (χ1n) is 6.26. The molecule has 0 saturated carbocycles. The van der Waals surface area contributed by atoms with Crippen LogP contribution in [-0.2, 0) is 0 Å². The molecular weight excluding hydrogens is 328 g/mol. The Hall–Kier alpha value is -2.81. The third kappa shape index (κ3) is 4.10. The third-order valence-electron chi connectivity index (χ3n) is 2.83. The van der Waals surface area contributed by atoms with Crippen molar-refractivity contribution in [2.75, 3.05) is 17.7 Å². The van der Waals surface area contributed by atoms with Crippen LogP contribution in [-0.4, -0.2) is 17.1 Å². The largest absolute Gasteiger partial charge is 0.496 e. The second-order valence-electron chi connectivity index (χ2n) is 4.34. The van der Waals surface area contributed by atoms with Crippen LogP contribution in [0.4, 0.5) is 25.8 Å². The lowest BCUT2D eigenvalue weighted by Crippen LogP contribution is -2.20. The molecule has 0 atom stereocenters. The van der Waals surface area contributed by atoms with E-state index in [4.69, 9.17) is 17.0 Å². The van der Waals surface area contributed by atoms with E-state index in [1.54, 1.807) is 0 Å². The predicted octanol–water partition coefficient (Wildman–Crippen LogP) is 3.69. The van der Waals surface area contributed by atoms with Crippen molar-refractivity contribution in [2.24, 2.45) is 0 Å². The molecule has 6 nitrogen and oxygen atoms in total. The Labute approximate surface area is 135 Å². The highest BCUT2D eigenvalue weighted by Crippen LogP contribution is 2.29. The van der Waals surface area contributed by atoms with E-state index in [-0.39, 0.29) is 22.2 Å². The molecule has 2 N–H and O–H groups in total. The lowest BCUT2D eigenvalue weighted by atomic mass is 10.2. The van der Waals surface area contributed by atoms with Gasteiger partial charge in [0.2, 0.25) is 0 Å². The molecule has 0 aliphatic rings. The first-order chi connectivity index (χ1) is 10.9. The lowest BCUT2D eigenvalue weighted by Gasteiger charge is -2.12. The van der Waals surface area contributed by atoms with Gasteiger partial charge in [0.25, 0.3) is 5.69 Å². The molecule has 2 aromatic rings. The summed E-state index contributed by atoms with van der Waals surface area (Å²) in [5.41, 5.74) is -0.205. The molecular formula is C14H11F2N3O3S. The van der Waals surface area contributed by atoms with Crippen LogP contribution in [0.2, 0.25) is 0 Å². The summed E-state index contributed by atoms with van der Waals surface area (Å²) in [7, 11) is 1.38. The zero-order valence-corrected chi connectivity index (χ0v) is 12.6. The van der Waals surface area contributed by atoms with Crippen LogP contribution < -0.4 is 15.4 Å². The van der Waals surface area contributed by atoms with E-state index in [1.807, 2.05) is 0 Å². The number of hydrogen-bond acceptors (Lipinski definition) is 4. The van der Waals surface area contributed by atoms with Crippen LogP contribution >= 0.6 is 12.2 Å². The van der Waals surface area contributed by atoms with Crippen LogP contribution in [0.25, 0.3) is 0 Å². The SMILES string of the molecule is COc1ccc(NC(=S)Nc2ccc(F)cc2F)c([N+](=O)[O-])c1. The summed E-state index contributed by atoms with van der Waals surface area (Å²) in [5.74, 6) is -1.25.